The molecule has 0 aliphatic rings. The number of aryl methyl sites for hydroxylation is 1. The second kappa shape index (κ2) is 4.42. The SMILES string of the molecule is Cc1nc(Sc2nc(C(=O)O)ccc2N)n[nH]1. The first kappa shape index (κ1) is 11.4. The predicted molar refractivity (Wildman–Crippen MR) is 60.9 cm³/mol. The molecule has 0 saturated carbocycles. The predicted octanol–water partition coefficient (Wildman–Crippen LogP) is 0.940. The number of hydrogen-bond acceptors (Lipinski definition) is 6. The number of aromatic nitrogens is 4. The Morgan fingerprint density at radius 1 is 1.47 bits per heavy atom. The van der Waals surface area contributed by atoms with Crippen molar-refractivity contribution in [3.8, 4) is 0 Å². The molecule has 0 bridgehead atoms. The van der Waals surface area contributed by atoms with Crippen molar-refractivity contribution in [1.82, 2.24) is 20.2 Å². The number of nitrogens with one attached hydrogen (secondary N) is 1. The second-order valence-electron chi connectivity index (χ2n) is 3.20. The first-order valence-corrected chi connectivity index (χ1v) is 5.44. The number of pyridine rings is 1. The highest BCUT2D eigenvalue weighted by Gasteiger charge is 2.11. The Balaban J connectivity index is 2.31. The highest BCUT2D eigenvalue weighted by atomic mass is 32.2. The molecule has 0 radical (unpaired) electrons. The van der Waals surface area contributed by atoms with Crippen LogP contribution in [0.25, 0.3) is 0 Å². The van der Waals surface area contributed by atoms with Crippen LogP contribution >= 0.6 is 11.8 Å². The van der Waals surface area contributed by atoms with Crippen LogP contribution in [0.5, 0.6) is 0 Å². The van der Waals surface area contributed by atoms with Crippen LogP contribution in [0.4, 0.5) is 5.69 Å². The van der Waals surface area contributed by atoms with Gasteiger partial charge in [-0.05, 0) is 30.8 Å². The molecule has 17 heavy (non-hydrogen) atoms. The number of aromatic amines is 1. The van der Waals surface area contributed by atoms with Crippen LogP contribution in [0.1, 0.15) is 16.3 Å². The monoisotopic (exact) mass is 251 g/mol. The molecule has 0 unspecified atom stereocenters. The van der Waals surface area contributed by atoms with E-state index in [1.165, 1.54) is 12.1 Å². The number of nitrogens with two attached hydrogens (primary N) is 1. The van der Waals surface area contributed by atoms with Crippen molar-refractivity contribution < 1.29 is 9.90 Å². The summed E-state index contributed by atoms with van der Waals surface area (Å²) in [5.41, 5.74) is 6.03. The van der Waals surface area contributed by atoms with Gasteiger partial charge in [-0.25, -0.2) is 14.8 Å². The fourth-order valence-corrected chi connectivity index (χ4v) is 1.88. The Morgan fingerprint density at radius 2 is 2.24 bits per heavy atom. The van der Waals surface area contributed by atoms with Crippen LogP contribution in [-0.4, -0.2) is 31.2 Å². The molecule has 0 spiro atoms. The minimum atomic E-state index is -1.10. The van der Waals surface area contributed by atoms with Crippen LogP contribution < -0.4 is 5.73 Å². The summed E-state index contributed by atoms with van der Waals surface area (Å²) >= 11 is 1.11. The first-order chi connectivity index (χ1) is 8.06. The van der Waals surface area contributed by atoms with Crippen molar-refractivity contribution in [2.24, 2.45) is 0 Å². The molecule has 0 amide bonds. The van der Waals surface area contributed by atoms with Crippen molar-refractivity contribution in [3.63, 3.8) is 0 Å². The molecular weight excluding hydrogens is 242 g/mol. The van der Waals surface area contributed by atoms with E-state index in [1.54, 1.807) is 6.92 Å². The van der Waals surface area contributed by atoms with Crippen molar-refractivity contribution >= 4 is 23.4 Å². The standard InChI is InChI=1S/C9H9N5O2S/c1-4-11-9(14-13-4)17-7-5(10)2-3-6(12-7)8(15)16/h2-3H,10H2,1H3,(H,15,16)(H,11,13,14). The maximum Gasteiger partial charge on any atom is 0.354 e. The van der Waals surface area contributed by atoms with E-state index in [9.17, 15) is 4.79 Å². The molecule has 0 atom stereocenters. The van der Waals surface area contributed by atoms with Gasteiger partial charge in [0.2, 0.25) is 5.16 Å². The van der Waals surface area contributed by atoms with Crippen molar-refractivity contribution in [2.45, 2.75) is 17.1 Å². The summed E-state index contributed by atoms with van der Waals surface area (Å²) in [5.74, 6) is -0.432. The number of carboxylic acids is 1. The van der Waals surface area contributed by atoms with E-state index < -0.39 is 5.97 Å². The van der Waals surface area contributed by atoms with Gasteiger partial charge in [0.25, 0.3) is 0 Å². The normalized spacial score (nSPS) is 10.4. The van der Waals surface area contributed by atoms with E-state index in [0.717, 1.165) is 11.8 Å². The molecule has 0 fully saturated rings. The number of aromatic carboxylic acids is 1. The second-order valence-corrected chi connectivity index (χ2v) is 4.16. The number of carbonyl (C=O) groups is 1. The van der Waals surface area contributed by atoms with E-state index in [1.807, 2.05) is 0 Å². The molecule has 7 nitrogen and oxygen atoms in total. The topological polar surface area (TPSA) is 118 Å². The fourth-order valence-electron chi connectivity index (χ4n) is 1.11. The largest absolute Gasteiger partial charge is 0.477 e. The zero-order valence-corrected chi connectivity index (χ0v) is 9.65. The molecule has 0 aliphatic heterocycles. The molecule has 2 rings (SSSR count). The number of nitrogens with zero attached hydrogens (tertiary/aromatic N) is 3. The van der Waals surface area contributed by atoms with Crippen LogP contribution in [0, 0.1) is 6.92 Å². The molecular formula is C9H9N5O2S. The summed E-state index contributed by atoms with van der Waals surface area (Å²) < 4.78 is 0. The third-order valence-electron chi connectivity index (χ3n) is 1.87. The number of nitrogen functional groups attached to an aromatic ring is 1. The van der Waals surface area contributed by atoms with E-state index in [-0.39, 0.29) is 5.69 Å². The van der Waals surface area contributed by atoms with Crippen LogP contribution in [0.2, 0.25) is 0 Å². The molecule has 88 valence electrons. The molecule has 2 aromatic rings. The van der Waals surface area contributed by atoms with E-state index in [2.05, 4.69) is 20.2 Å². The van der Waals surface area contributed by atoms with Gasteiger partial charge in [-0.2, -0.15) is 0 Å². The number of anilines is 1. The quantitative estimate of drug-likeness (QED) is 0.742. The molecule has 2 aromatic heterocycles. The zero-order valence-electron chi connectivity index (χ0n) is 8.84. The average molecular weight is 251 g/mol. The minimum absolute atomic E-state index is 0.0612. The Kier molecular flexibility index (Phi) is 2.96. The summed E-state index contributed by atoms with van der Waals surface area (Å²) in [7, 11) is 0. The van der Waals surface area contributed by atoms with Gasteiger partial charge in [0.15, 0.2) is 0 Å². The Morgan fingerprint density at radius 3 is 2.82 bits per heavy atom. The van der Waals surface area contributed by atoms with E-state index >= 15 is 0 Å². The van der Waals surface area contributed by atoms with Gasteiger partial charge in [0.05, 0.1) is 5.69 Å². The number of H-pyrrole nitrogens is 1. The van der Waals surface area contributed by atoms with Crippen molar-refractivity contribution in [3.05, 3.63) is 23.7 Å². The highest BCUT2D eigenvalue weighted by Crippen LogP contribution is 2.27. The molecule has 0 aromatic carbocycles. The Bertz CT molecular complexity index is 568. The summed E-state index contributed by atoms with van der Waals surface area (Å²) in [6.07, 6.45) is 0. The maximum atomic E-state index is 10.8. The fraction of sp³-hybridized carbons (Fsp3) is 0.111. The summed E-state index contributed by atoms with van der Waals surface area (Å²) in [6, 6.07) is 2.85. The van der Waals surface area contributed by atoms with Gasteiger partial charge < -0.3 is 10.8 Å². The van der Waals surface area contributed by atoms with Gasteiger partial charge in [-0.3, -0.25) is 5.10 Å². The highest BCUT2D eigenvalue weighted by molar-refractivity contribution is 7.99. The average Bonchev–Trinajstić information content (AvgIpc) is 2.67. The lowest BCUT2D eigenvalue weighted by Crippen LogP contribution is -2.03. The number of carboxylic acid groups (broad SMARTS) is 1. The number of hydrogen-bond donors (Lipinski definition) is 3. The van der Waals surface area contributed by atoms with Crippen LogP contribution in [0.3, 0.4) is 0 Å². The summed E-state index contributed by atoms with van der Waals surface area (Å²) in [5, 5.41) is 16.2. The minimum Gasteiger partial charge on any atom is -0.477 e. The van der Waals surface area contributed by atoms with Crippen molar-refractivity contribution in [2.75, 3.05) is 5.73 Å². The molecule has 4 N–H and O–H groups in total. The molecule has 2 heterocycles. The Labute approximate surface area is 100 Å². The lowest BCUT2D eigenvalue weighted by atomic mass is 10.3. The molecule has 8 heteroatoms. The zero-order chi connectivity index (χ0) is 12.4. The van der Waals surface area contributed by atoms with E-state index in [4.69, 9.17) is 10.8 Å². The molecule has 0 aliphatic carbocycles. The Hall–Kier alpha value is -2.09. The van der Waals surface area contributed by atoms with Gasteiger partial charge >= 0.3 is 5.97 Å². The summed E-state index contributed by atoms with van der Waals surface area (Å²) in [6.45, 7) is 1.77. The van der Waals surface area contributed by atoms with Crippen molar-refractivity contribution in [1.29, 1.82) is 0 Å². The van der Waals surface area contributed by atoms with Gasteiger partial charge in [0.1, 0.15) is 16.5 Å². The lowest BCUT2D eigenvalue weighted by molar-refractivity contribution is 0.0690. The summed E-state index contributed by atoms with van der Waals surface area (Å²) in [4.78, 5) is 18.8. The third-order valence-corrected chi connectivity index (χ3v) is 2.76. The maximum absolute atomic E-state index is 10.8. The van der Waals surface area contributed by atoms with Gasteiger partial charge in [0, 0.05) is 0 Å². The smallest absolute Gasteiger partial charge is 0.354 e. The van der Waals surface area contributed by atoms with E-state index in [0.29, 0.717) is 21.7 Å². The lowest BCUT2D eigenvalue weighted by Gasteiger charge is -2.02. The van der Waals surface area contributed by atoms with Gasteiger partial charge in [-0.15, -0.1) is 5.10 Å². The van der Waals surface area contributed by atoms with Crippen LogP contribution in [-0.2, 0) is 0 Å². The van der Waals surface area contributed by atoms with Crippen LogP contribution in [0.15, 0.2) is 22.3 Å². The van der Waals surface area contributed by atoms with Gasteiger partial charge in [-0.1, -0.05) is 0 Å². The third kappa shape index (κ3) is 2.53. The first-order valence-electron chi connectivity index (χ1n) is 4.63. The molecule has 0 saturated heterocycles. The number of rotatable bonds is 3.